The minimum absolute atomic E-state index is 0.124. The molecule has 1 amide bonds. The second-order valence-electron chi connectivity index (χ2n) is 4.82. The largest absolute Gasteiger partial charge is 0.491 e. The number of anilines is 2. The lowest BCUT2D eigenvalue weighted by Crippen LogP contribution is -2.14. The molecule has 1 aromatic heterocycles. The van der Waals surface area contributed by atoms with E-state index in [1.54, 1.807) is 19.3 Å². The van der Waals surface area contributed by atoms with Gasteiger partial charge in [-0.3, -0.25) is 9.78 Å². The van der Waals surface area contributed by atoms with E-state index in [9.17, 15) is 4.79 Å². The van der Waals surface area contributed by atoms with Crippen molar-refractivity contribution in [1.82, 2.24) is 4.98 Å². The molecule has 5 nitrogen and oxygen atoms in total. The van der Waals surface area contributed by atoms with Crippen LogP contribution in [-0.2, 0) is 0 Å². The number of hydrogen-bond donors (Lipinski definition) is 2. The summed E-state index contributed by atoms with van der Waals surface area (Å²) in [5.41, 5.74) is 1.95. The summed E-state index contributed by atoms with van der Waals surface area (Å²) in [5.74, 6) is 0.574. The van der Waals surface area contributed by atoms with Crippen molar-refractivity contribution in [2.45, 2.75) is 20.0 Å². The third-order valence-corrected chi connectivity index (χ3v) is 2.82. The molecule has 1 aromatic carbocycles. The summed E-state index contributed by atoms with van der Waals surface area (Å²) in [6.45, 7) is 3.94. The molecule has 2 rings (SSSR count). The van der Waals surface area contributed by atoms with E-state index in [1.807, 2.05) is 38.1 Å². The average molecular weight is 285 g/mol. The molecule has 0 aliphatic carbocycles. The van der Waals surface area contributed by atoms with Crippen molar-refractivity contribution in [3.63, 3.8) is 0 Å². The number of nitrogens with zero attached hydrogens (tertiary/aromatic N) is 1. The van der Waals surface area contributed by atoms with Crippen molar-refractivity contribution in [1.29, 1.82) is 0 Å². The van der Waals surface area contributed by atoms with E-state index in [-0.39, 0.29) is 12.0 Å². The van der Waals surface area contributed by atoms with Gasteiger partial charge in [0.15, 0.2) is 0 Å². The van der Waals surface area contributed by atoms with Crippen molar-refractivity contribution in [2.24, 2.45) is 0 Å². The Balaban J connectivity index is 2.09. The van der Waals surface area contributed by atoms with Crippen molar-refractivity contribution in [3.05, 3.63) is 48.3 Å². The number of benzene rings is 1. The maximum atomic E-state index is 12.2. The molecule has 0 saturated carbocycles. The fraction of sp³-hybridized carbons (Fsp3) is 0.250. The first-order chi connectivity index (χ1) is 10.1. The second-order valence-corrected chi connectivity index (χ2v) is 4.82. The first-order valence-corrected chi connectivity index (χ1v) is 6.80. The second kappa shape index (κ2) is 6.74. The van der Waals surface area contributed by atoms with Gasteiger partial charge in [-0.05, 0) is 44.2 Å². The van der Waals surface area contributed by atoms with Crippen LogP contribution in [0.3, 0.4) is 0 Å². The Kier molecular flexibility index (Phi) is 4.77. The molecule has 0 atom stereocenters. The topological polar surface area (TPSA) is 63.2 Å². The molecule has 1 heterocycles. The van der Waals surface area contributed by atoms with Gasteiger partial charge >= 0.3 is 0 Å². The van der Waals surface area contributed by atoms with E-state index in [0.29, 0.717) is 11.3 Å². The van der Waals surface area contributed by atoms with Gasteiger partial charge in [-0.25, -0.2) is 0 Å². The van der Waals surface area contributed by atoms with Gasteiger partial charge in [0.25, 0.3) is 5.91 Å². The summed E-state index contributed by atoms with van der Waals surface area (Å²) in [4.78, 5) is 16.2. The zero-order valence-electron chi connectivity index (χ0n) is 12.4. The van der Waals surface area contributed by atoms with E-state index in [1.165, 1.54) is 6.20 Å². The number of amides is 1. The van der Waals surface area contributed by atoms with E-state index >= 15 is 0 Å². The van der Waals surface area contributed by atoms with Crippen molar-refractivity contribution >= 4 is 17.3 Å². The predicted molar refractivity (Wildman–Crippen MR) is 83.9 cm³/mol. The molecule has 0 radical (unpaired) electrons. The maximum Gasteiger partial charge on any atom is 0.259 e. The van der Waals surface area contributed by atoms with Gasteiger partial charge in [-0.2, -0.15) is 0 Å². The minimum Gasteiger partial charge on any atom is -0.491 e. The van der Waals surface area contributed by atoms with Gasteiger partial charge < -0.3 is 15.4 Å². The van der Waals surface area contributed by atoms with Gasteiger partial charge in [-0.1, -0.05) is 0 Å². The molecule has 0 spiro atoms. The summed E-state index contributed by atoms with van der Waals surface area (Å²) >= 11 is 0. The first-order valence-electron chi connectivity index (χ1n) is 6.80. The van der Waals surface area contributed by atoms with E-state index in [2.05, 4.69) is 15.6 Å². The van der Waals surface area contributed by atoms with Crippen LogP contribution in [0.5, 0.6) is 5.75 Å². The highest BCUT2D eigenvalue weighted by atomic mass is 16.5. The number of rotatable bonds is 5. The van der Waals surface area contributed by atoms with Crippen LogP contribution in [0.4, 0.5) is 11.4 Å². The van der Waals surface area contributed by atoms with Crippen LogP contribution in [0.2, 0.25) is 0 Å². The lowest BCUT2D eigenvalue weighted by atomic mass is 10.2. The first kappa shape index (κ1) is 14.8. The van der Waals surface area contributed by atoms with Crippen LogP contribution in [0, 0.1) is 0 Å². The van der Waals surface area contributed by atoms with Gasteiger partial charge in [0.2, 0.25) is 0 Å². The molecule has 0 unspecified atom stereocenters. The number of carbonyl (C=O) groups excluding carboxylic acids is 1. The Morgan fingerprint density at radius 2 is 1.90 bits per heavy atom. The monoisotopic (exact) mass is 285 g/mol. The fourth-order valence-electron chi connectivity index (χ4n) is 1.88. The van der Waals surface area contributed by atoms with Crippen LogP contribution in [0.25, 0.3) is 0 Å². The molecule has 5 heteroatoms. The van der Waals surface area contributed by atoms with E-state index in [0.717, 1.165) is 11.4 Å². The Bertz CT molecular complexity index is 609. The Labute approximate surface area is 124 Å². The minimum atomic E-state index is -0.204. The lowest BCUT2D eigenvalue weighted by molar-refractivity contribution is 0.102. The number of aromatic nitrogens is 1. The summed E-state index contributed by atoms with van der Waals surface area (Å²) in [6.07, 6.45) is 3.30. The number of nitrogens with one attached hydrogen (secondary N) is 2. The Morgan fingerprint density at radius 3 is 2.52 bits per heavy atom. The van der Waals surface area contributed by atoms with E-state index < -0.39 is 0 Å². The SMILES string of the molecule is CNc1ccncc1C(=O)Nc1ccc(OC(C)C)cc1. The van der Waals surface area contributed by atoms with Crippen LogP contribution >= 0.6 is 0 Å². The molecular formula is C16H19N3O2. The number of hydrogen-bond acceptors (Lipinski definition) is 4. The molecule has 2 aromatic rings. The normalized spacial score (nSPS) is 10.3. The highest BCUT2D eigenvalue weighted by Crippen LogP contribution is 2.19. The average Bonchev–Trinajstić information content (AvgIpc) is 2.48. The number of ether oxygens (including phenoxy) is 1. The third-order valence-electron chi connectivity index (χ3n) is 2.82. The van der Waals surface area contributed by atoms with Crippen molar-refractivity contribution in [3.8, 4) is 5.75 Å². The van der Waals surface area contributed by atoms with Gasteiger partial charge in [0.05, 0.1) is 11.7 Å². The molecule has 0 aliphatic heterocycles. The number of pyridine rings is 1. The highest BCUT2D eigenvalue weighted by Gasteiger charge is 2.11. The summed E-state index contributed by atoms with van der Waals surface area (Å²) in [5, 5.41) is 5.81. The quantitative estimate of drug-likeness (QED) is 0.885. The number of carbonyl (C=O) groups is 1. The molecule has 0 aliphatic rings. The molecule has 110 valence electrons. The van der Waals surface area contributed by atoms with Crippen LogP contribution < -0.4 is 15.4 Å². The van der Waals surface area contributed by atoms with Crippen LogP contribution in [0.15, 0.2) is 42.7 Å². The molecule has 0 fully saturated rings. The zero-order valence-corrected chi connectivity index (χ0v) is 12.4. The smallest absolute Gasteiger partial charge is 0.259 e. The molecule has 0 saturated heterocycles. The van der Waals surface area contributed by atoms with Crippen molar-refractivity contribution in [2.75, 3.05) is 17.7 Å². The molecular weight excluding hydrogens is 266 g/mol. The van der Waals surface area contributed by atoms with E-state index in [4.69, 9.17) is 4.74 Å². The Morgan fingerprint density at radius 1 is 1.19 bits per heavy atom. The van der Waals surface area contributed by atoms with Crippen LogP contribution in [0.1, 0.15) is 24.2 Å². The lowest BCUT2D eigenvalue weighted by Gasteiger charge is -2.11. The molecule has 2 N–H and O–H groups in total. The predicted octanol–water partition coefficient (Wildman–Crippen LogP) is 3.16. The zero-order chi connectivity index (χ0) is 15.2. The standard InChI is InChI=1S/C16H19N3O2/c1-11(2)21-13-6-4-12(5-7-13)19-16(20)14-10-18-9-8-15(14)17-3/h4-11H,1-3H3,(H,17,18)(H,19,20). The summed E-state index contributed by atoms with van der Waals surface area (Å²) in [7, 11) is 1.77. The summed E-state index contributed by atoms with van der Waals surface area (Å²) in [6, 6.07) is 9.04. The van der Waals surface area contributed by atoms with Gasteiger partial charge in [0.1, 0.15) is 5.75 Å². The van der Waals surface area contributed by atoms with Crippen LogP contribution in [-0.4, -0.2) is 24.0 Å². The third kappa shape index (κ3) is 3.95. The van der Waals surface area contributed by atoms with Gasteiger partial charge in [0, 0.05) is 30.8 Å². The Hall–Kier alpha value is -2.56. The van der Waals surface area contributed by atoms with Crippen molar-refractivity contribution < 1.29 is 9.53 Å². The van der Waals surface area contributed by atoms with Gasteiger partial charge in [-0.15, -0.1) is 0 Å². The maximum absolute atomic E-state index is 12.2. The summed E-state index contributed by atoms with van der Waals surface area (Å²) < 4.78 is 5.56. The highest BCUT2D eigenvalue weighted by molar-refractivity contribution is 6.07. The fourth-order valence-corrected chi connectivity index (χ4v) is 1.88. The molecule has 0 bridgehead atoms. The molecule has 21 heavy (non-hydrogen) atoms.